The molecule has 26 heavy (non-hydrogen) atoms. The van der Waals surface area contributed by atoms with Crippen molar-refractivity contribution in [3.8, 4) is 5.75 Å². The Bertz CT molecular complexity index is 786. The van der Waals surface area contributed by atoms with E-state index < -0.39 is 17.7 Å². The lowest BCUT2D eigenvalue weighted by molar-refractivity contribution is -0.144. The van der Waals surface area contributed by atoms with Crippen molar-refractivity contribution in [2.75, 3.05) is 13.2 Å². The van der Waals surface area contributed by atoms with Gasteiger partial charge in [0, 0.05) is 17.6 Å². The SMILES string of the molecule is O=C(COc1ccc(Cl)c(F)c1)NCCC(=O)OCc1cccc(Cl)c1. The van der Waals surface area contributed by atoms with Gasteiger partial charge in [-0.2, -0.15) is 0 Å². The molecule has 0 fully saturated rings. The zero-order valence-electron chi connectivity index (χ0n) is 13.6. The van der Waals surface area contributed by atoms with Crippen molar-refractivity contribution in [1.82, 2.24) is 5.32 Å². The Kier molecular flexibility index (Phi) is 7.69. The Labute approximate surface area is 160 Å². The minimum atomic E-state index is -0.632. The van der Waals surface area contributed by atoms with E-state index in [1.807, 2.05) is 0 Å². The van der Waals surface area contributed by atoms with Crippen molar-refractivity contribution >= 4 is 35.1 Å². The topological polar surface area (TPSA) is 64.6 Å². The molecule has 1 amide bonds. The second-order valence-electron chi connectivity index (χ2n) is 5.26. The van der Waals surface area contributed by atoms with Crippen molar-refractivity contribution < 1.29 is 23.5 Å². The van der Waals surface area contributed by atoms with E-state index in [2.05, 4.69) is 5.32 Å². The molecule has 8 heteroatoms. The number of ether oxygens (including phenoxy) is 2. The first-order valence-electron chi connectivity index (χ1n) is 7.68. The van der Waals surface area contributed by atoms with Gasteiger partial charge in [-0.1, -0.05) is 35.3 Å². The summed E-state index contributed by atoms with van der Waals surface area (Å²) in [7, 11) is 0. The minimum Gasteiger partial charge on any atom is -0.484 e. The van der Waals surface area contributed by atoms with Crippen molar-refractivity contribution in [1.29, 1.82) is 0 Å². The van der Waals surface area contributed by atoms with E-state index in [1.165, 1.54) is 12.1 Å². The van der Waals surface area contributed by atoms with E-state index in [1.54, 1.807) is 24.3 Å². The lowest BCUT2D eigenvalue weighted by Gasteiger charge is -2.08. The second-order valence-corrected chi connectivity index (χ2v) is 6.10. The minimum absolute atomic E-state index is 0.0158. The summed E-state index contributed by atoms with van der Waals surface area (Å²) >= 11 is 11.4. The number of benzene rings is 2. The van der Waals surface area contributed by atoms with Crippen LogP contribution in [0.4, 0.5) is 4.39 Å². The summed E-state index contributed by atoms with van der Waals surface area (Å²) in [6.07, 6.45) is 0.0158. The van der Waals surface area contributed by atoms with Gasteiger partial charge in [0.1, 0.15) is 18.2 Å². The summed E-state index contributed by atoms with van der Waals surface area (Å²) in [5.41, 5.74) is 0.776. The van der Waals surface area contributed by atoms with Crippen molar-refractivity contribution in [3.63, 3.8) is 0 Å². The number of esters is 1. The predicted molar refractivity (Wildman–Crippen MR) is 95.8 cm³/mol. The molecule has 0 heterocycles. The van der Waals surface area contributed by atoms with Crippen molar-refractivity contribution in [3.05, 3.63) is 63.9 Å². The molecule has 0 spiro atoms. The quantitative estimate of drug-likeness (QED) is 0.686. The fourth-order valence-corrected chi connectivity index (χ4v) is 2.26. The van der Waals surface area contributed by atoms with Gasteiger partial charge in [-0.15, -0.1) is 0 Å². The van der Waals surface area contributed by atoms with E-state index >= 15 is 0 Å². The molecule has 2 aromatic rings. The zero-order chi connectivity index (χ0) is 18.9. The molecule has 1 N–H and O–H groups in total. The molecule has 0 radical (unpaired) electrons. The van der Waals surface area contributed by atoms with Crippen LogP contribution < -0.4 is 10.1 Å². The van der Waals surface area contributed by atoms with Gasteiger partial charge in [-0.25, -0.2) is 4.39 Å². The molecule has 5 nitrogen and oxygen atoms in total. The third kappa shape index (κ3) is 6.90. The highest BCUT2D eigenvalue weighted by atomic mass is 35.5. The molecule has 0 aliphatic rings. The maximum atomic E-state index is 13.2. The van der Waals surface area contributed by atoms with Gasteiger partial charge in [-0.05, 0) is 29.8 Å². The number of amides is 1. The molecule has 2 rings (SSSR count). The number of rotatable bonds is 8. The maximum absolute atomic E-state index is 13.2. The highest BCUT2D eigenvalue weighted by Crippen LogP contribution is 2.20. The molecular formula is C18H16Cl2FNO4. The first kappa shape index (κ1) is 20.0. The molecule has 0 aliphatic carbocycles. The van der Waals surface area contributed by atoms with Crippen LogP contribution in [0.5, 0.6) is 5.75 Å². The average Bonchev–Trinajstić information content (AvgIpc) is 2.61. The van der Waals surface area contributed by atoms with Crippen molar-refractivity contribution in [2.24, 2.45) is 0 Å². The molecule has 138 valence electrons. The standard InChI is InChI=1S/C18H16Cl2FNO4/c19-13-3-1-2-12(8-13)10-26-18(24)6-7-22-17(23)11-25-14-4-5-15(20)16(21)9-14/h1-5,8-9H,6-7,10-11H2,(H,22,23). The fraction of sp³-hybridized carbons (Fsp3) is 0.222. The summed E-state index contributed by atoms with van der Waals surface area (Å²) in [6.45, 7) is -0.0945. The normalized spacial score (nSPS) is 10.3. The number of carbonyl (C=O) groups is 2. The Morgan fingerprint density at radius 3 is 2.65 bits per heavy atom. The van der Waals surface area contributed by atoms with Crippen LogP contribution in [0.15, 0.2) is 42.5 Å². The molecular weight excluding hydrogens is 384 g/mol. The van der Waals surface area contributed by atoms with Crippen LogP contribution in [0.1, 0.15) is 12.0 Å². The van der Waals surface area contributed by atoms with Gasteiger partial charge in [0.2, 0.25) is 0 Å². The summed E-state index contributed by atoms with van der Waals surface area (Å²) in [6, 6.07) is 10.8. The highest BCUT2D eigenvalue weighted by molar-refractivity contribution is 6.31. The van der Waals surface area contributed by atoms with Crippen molar-refractivity contribution in [2.45, 2.75) is 13.0 Å². The highest BCUT2D eigenvalue weighted by Gasteiger charge is 2.08. The Balaban J connectivity index is 1.62. The third-order valence-corrected chi connectivity index (χ3v) is 3.74. The molecule has 0 atom stereocenters. The average molecular weight is 400 g/mol. The summed E-state index contributed by atoms with van der Waals surface area (Å²) in [4.78, 5) is 23.3. The molecule has 2 aromatic carbocycles. The summed E-state index contributed by atoms with van der Waals surface area (Å²) in [5, 5.41) is 3.04. The molecule has 0 aliphatic heterocycles. The van der Waals surface area contributed by atoms with E-state index in [0.29, 0.717) is 5.02 Å². The lowest BCUT2D eigenvalue weighted by atomic mass is 10.2. The first-order valence-corrected chi connectivity index (χ1v) is 8.44. The second kappa shape index (κ2) is 9.99. The number of carbonyl (C=O) groups excluding carboxylic acids is 2. The van der Waals surface area contributed by atoms with Crippen LogP contribution in [0.25, 0.3) is 0 Å². The molecule has 0 unspecified atom stereocenters. The molecule has 0 saturated carbocycles. The third-order valence-electron chi connectivity index (χ3n) is 3.20. The van der Waals surface area contributed by atoms with Gasteiger partial charge >= 0.3 is 5.97 Å². The fourth-order valence-electron chi connectivity index (χ4n) is 1.93. The number of hydrogen-bond donors (Lipinski definition) is 1. The lowest BCUT2D eigenvalue weighted by Crippen LogP contribution is -2.31. The van der Waals surface area contributed by atoms with Crippen LogP contribution in [0.3, 0.4) is 0 Å². The van der Waals surface area contributed by atoms with E-state index in [4.69, 9.17) is 32.7 Å². The van der Waals surface area contributed by atoms with E-state index in [9.17, 15) is 14.0 Å². The summed E-state index contributed by atoms with van der Waals surface area (Å²) in [5.74, 6) is -1.34. The van der Waals surface area contributed by atoms with Gasteiger partial charge in [0.15, 0.2) is 6.61 Å². The predicted octanol–water partition coefficient (Wildman–Crippen LogP) is 3.76. The van der Waals surface area contributed by atoms with Crippen LogP contribution >= 0.6 is 23.2 Å². The summed E-state index contributed by atoms with van der Waals surface area (Å²) < 4.78 is 23.5. The first-order chi connectivity index (χ1) is 12.4. The van der Waals surface area contributed by atoms with Gasteiger partial charge in [-0.3, -0.25) is 9.59 Å². The van der Waals surface area contributed by atoms with Gasteiger partial charge in [0.25, 0.3) is 5.91 Å². The van der Waals surface area contributed by atoms with Crippen LogP contribution in [0.2, 0.25) is 10.0 Å². The van der Waals surface area contributed by atoms with Gasteiger partial charge in [0.05, 0.1) is 11.4 Å². The largest absolute Gasteiger partial charge is 0.484 e. The number of nitrogens with one attached hydrogen (secondary N) is 1. The Hall–Kier alpha value is -2.31. The van der Waals surface area contributed by atoms with E-state index in [-0.39, 0.29) is 37.0 Å². The smallest absolute Gasteiger partial charge is 0.307 e. The Morgan fingerprint density at radius 2 is 1.92 bits per heavy atom. The van der Waals surface area contributed by atoms with Gasteiger partial charge < -0.3 is 14.8 Å². The Morgan fingerprint density at radius 1 is 1.12 bits per heavy atom. The number of hydrogen-bond acceptors (Lipinski definition) is 4. The molecule has 0 bridgehead atoms. The monoisotopic (exact) mass is 399 g/mol. The van der Waals surface area contributed by atoms with Crippen LogP contribution in [-0.4, -0.2) is 25.0 Å². The number of halogens is 3. The van der Waals surface area contributed by atoms with E-state index in [0.717, 1.165) is 11.6 Å². The van der Waals surface area contributed by atoms with Crippen LogP contribution in [-0.2, 0) is 20.9 Å². The zero-order valence-corrected chi connectivity index (χ0v) is 15.1. The molecule has 0 aromatic heterocycles. The maximum Gasteiger partial charge on any atom is 0.307 e. The van der Waals surface area contributed by atoms with Crippen LogP contribution in [0, 0.1) is 5.82 Å². The molecule has 0 saturated heterocycles.